The van der Waals surface area contributed by atoms with Gasteiger partial charge in [0.1, 0.15) is 0 Å². The molecule has 0 saturated heterocycles. The average molecular weight is 223 g/mol. The molecular weight excluding hydrogens is 212 g/mol. The molecule has 0 saturated carbocycles. The average Bonchev–Trinajstić information content (AvgIpc) is 2.47. The zero-order valence-corrected chi connectivity index (χ0v) is 9.28. The van der Waals surface area contributed by atoms with Crippen molar-refractivity contribution in [3.8, 4) is 5.69 Å². The first-order chi connectivity index (χ1) is 7.11. The Bertz CT molecular complexity index is 504. The summed E-state index contributed by atoms with van der Waals surface area (Å²) in [4.78, 5) is 3.93. The highest BCUT2D eigenvalue weighted by molar-refractivity contribution is 6.31. The molecule has 2 aromatic heterocycles. The van der Waals surface area contributed by atoms with Crippen LogP contribution < -0.4 is 5.73 Å². The van der Waals surface area contributed by atoms with E-state index < -0.39 is 0 Å². The van der Waals surface area contributed by atoms with Gasteiger partial charge in [-0.3, -0.25) is 4.98 Å². The summed E-state index contributed by atoms with van der Waals surface area (Å²) in [5, 5.41) is 4.99. The van der Waals surface area contributed by atoms with Crippen LogP contribution in [-0.4, -0.2) is 14.8 Å². The minimum atomic E-state index is 0.583. The van der Waals surface area contributed by atoms with Gasteiger partial charge < -0.3 is 5.73 Å². The lowest BCUT2D eigenvalue weighted by atomic mass is 10.3. The molecule has 2 heterocycles. The summed E-state index contributed by atoms with van der Waals surface area (Å²) in [5.74, 6) is 0. The highest BCUT2D eigenvalue weighted by Crippen LogP contribution is 2.24. The second-order valence-electron chi connectivity index (χ2n) is 3.33. The Balaban J connectivity index is 2.65. The van der Waals surface area contributed by atoms with Gasteiger partial charge >= 0.3 is 0 Å². The summed E-state index contributed by atoms with van der Waals surface area (Å²) in [7, 11) is 0. The standard InChI is InChI=1S/C10H11ClN4/c1-6-10(11)7(2)15(14-6)9-3-4-13-5-8(9)12/h3-5H,12H2,1-2H3. The van der Waals surface area contributed by atoms with Crippen LogP contribution in [0.4, 0.5) is 5.69 Å². The van der Waals surface area contributed by atoms with Crippen molar-refractivity contribution in [2.24, 2.45) is 0 Å². The summed E-state index contributed by atoms with van der Waals surface area (Å²) in [6.45, 7) is 3.77. The van der Waals surface area contributed by atoms with E-state index in [1.165, 1.54) is 0 Å². The molecule has 15 heavy (non-hydrogen) atoms. The molecule has 0 aliphatic carbocycles. The maximum Gasteiger partial charge on any atom is 0.0909 e. The largest absolute Gasteiger partial charge is 0.396 e. The molecule has 0 radical (unpaired) electrons. The number of hydrogen-bond acceptors (Lipinski definition) is 3. The Morgan fingerprint density at radius 3 is 2.67 bits per heavy atom. The van der Waals surface area contributed by atoms with Crippen LogP contribution in [0, 0.1) is 13.8 Å². The van der Waals surface area contributed by atoms with Crippen molar-refractivity contribution in [2.45, 2.75) is 13.8 Å². The van der Waals surface area contributed by atoms with Crippen LogP contribution in [0.2, 0.25) is 5.02 Å². The number of aryl methyl sites for hydroxylation is 1. The number of pyridine rings is 1. The topological polar surface area (TPSA) is 56.7 Å². The summed E-state index contributed by atoms with van der Waals surface area (Å²) < 4.78 is 1.73. The van der Waals surface area contributed by atoms with Crippen molar-refractivity contribution in [2.75, 3.05) is 5.73 Å². The van der Waals surface area contributed by atoms with Gasteiger partial charge in [-0.25, -0.2) is 4.68 Å². The fraction of sp³-hybridized carbons (Fsp3) is 0.200. The van der Waals surface area contributed by atoms with Gasteiger partial charge in [-0.15, -0.1) is 0 Å². The second kappa shape index (κ2) is 3.55. The SMILES string of the molecule is Cc1nn(-c2ccncc2N)c(C)c1Cl. The van der Waals surface area contributed by atoms with Crippen molar-refractivity contribution < 1.29 is 0 Å². The third-order valence-electron chi connectivity index (χ3n) is 2.26. The molecule has 2 rings (SSSR count). The number of halogens is 1. The van der Waals surface area contributed by atoms with Crippen molar-refractivity contribution >= 4 is 17.3 Å². The van der Waals surface area contributed by atoms with E-state index in [0.29, 0.717) is 10.7 Å². The van der Waals surface area contributed by atoms with E-state index in [1.807, 2.05) is 19.9 Å². The van der Waals surface area contributed by atoms with E-state index in [4.69, 9.17) is 17.3 Å². The zero-order valence-electron chi connectivity index (χ0n) is 8.53. The Morgan fingerprint density at radius 2 is 2.13 bits per heavy atom. The van der Waals surface area contributed by atoms with E-state index >= 15 is 0 Å². The Morgan fingerprint density at radius 1 is 1.40 bits per heavy atom. The number of nitrogens with zero attached hydrogens (tertiary/aromatic N) is 3. The van der Waals surface area contributed by atoms with Crippen LogP contribution in [0.5, 0.6) is 0 Å². The highest BCUT2D eigenvalue weighted by Gasteiger charge is 2.11. The fourth-order valence-electron chi connectivity index (χ4n) is 1.45. The number of aromatic nitrogens is 3. The summed E-state index contributed by atoms with van der Waals surface area (Å²) in [5.41, 5.74) is 8.88. The second-order valence-corrected chi connectivity index (χ2v) is 3.71. The molecule has 0 amide bonds. The molecule has 4 nitrogen and oxygen atoms in total. The monoisotopic (exact) mass is 222 g/mol. The van der Waals surface area contributed by atoms with E-state index in [9.17, 15) is 0 Å². The molecule has 5 heteroatoms. The lowest BCUT2D eigenvalue weighted by Crippen LogP contribution is -2.03. The van der Waals surface area contributed by atoms with E-state index in [-0.39, 0.29) is 0 Å². The smallest absolute Gasteiger partial charge is 0.0909 e. The minimum Gasteiger partial charge on any atom is -0.396 e. The first-order valence-electron chi connectivity index (χ1n) is 4.53. The minimum absolute atomic E-state index is 0.583. The van der Waals surface area contributed by atoms with Gasteiger partial charge in [0.25, 0.3) is 0 Å². The number of nitrogens with two attached hydrogens (primary N) is 1. The molecule has 0 atom stereocenters. The van der Waals surface area contributed by atoms with E-state index in [0.717, 1.165) is 17.1 Å². The maximum atomic E-state index is 6.06. The summed E-state index contributed by atoms with van der Waals surface area (Å²) >= 11 is 6.06. The molecule has 0 spiro atoms. The third-order valence-corrected chi connectivity index (χ3v) is 2.81. The predicted octanol–water partition coefficient (Wildman–Crippen LogP) is 2.12. The van der Waals surface area contributed by atoms with Crippen LogP contribution in [-0.2, 0) is 0 Å². The van der Waals surface area contributed by atoms with Crippen LogP contribution in [0.3, 0.4) is 0 Å². The normalized spacial score (nSPS) is 10.6. The Kier molecular flexibility index (Phi) is 2.36. The van der Waals surface area contributed by atoms with Crippen molar-refractivity contribution in [1.29, 1.82) is 0 Å². The van der Waals surface area contributed by atoms with Crippen LogP contribution in [0.25, 0.3) is 5.69 Å². The summed E-state index contributed by atoms with van der Waals surface area (Å²) in [6, 6.07) is 1.81. The number of nitrogen functional groups attached to an aromatic ring is 1. The van der Waals surface area contributed by atoms with E-state index in [2.05, 4.69) is 10.1 Å². The predicted molar refractivity (Wildman–Crippen MR) is 60.3 cm³/mol. The van der Waals surface area contributed by atoms with Crippen LogP contribution in [0.15, 0.2) is 18.5 Å². The number of anilines is 1. The molecule has 2 aromatic rings. The van der Waals surface area contributed by atoms with Crippen LogP contribution >= 0.6 is 11.6 Å². The molecule has 78 valence electrons. The van der Waals surface area contributed by atoms with Gasteiger partial charge in [0.2, 0.25) is 0 Å². The molecule has 0 fully saturated rings. The van der Waals surface area contributed by atoms with Crippen molar-refractivity contribution in [3.05, 3.63) is 34.9 Å². The quantitative estimate of drug-likeness (QED) is 0.804. The van der Waals surface area contributed by atoms with Crippen molar-refractivity contribution in [1.82, 2.24) is 14.8 Å². The number of rotatable bonds is 1. The molecule has 0 aliphatic heterocycles. The summed E-state index contributed by atoms with van der Waals surface area (Å²) in [6.07, 6.45) is 3.27. The fourth-order valence-corrected chi connectivity index (χ4v) is 1.57. The van der Waals surface area contributed by atoms with Gasteiger partial charge in [-0.05, 0) is 19.9 Å². The van der Waals surface area contributed by atoms with Crippen LogP contribution in [0.1, 0.15) is 11.4 Å². The first-order valence-corrected chi connectivity index (χ1v) is 4.90. The maximum absolute atomic E-state index is 6.06. The first kappa shape index (κ1) is 9.98. The van der Waals surface area contributed by atoms with Gasteiger partial charge in [-0.2, -0.15) is 5.10 Å². The van der Waals surface area contributed by atoms with Gasteiger partial charge in [0, 0.05) is 6.20 Å². The molecule has 2 N–H and O–H groups in total. The van der Waals surface area contributed by atoms with Gasteiger partial charge in [-0.1, -0.05) is 11.6 Å². The zero-order chi connectivity index (χ0) is 11.0. The van der Waals surface area contributed by atoms with Gasteiger partial charge in [0.05, 0.1) is 34.0 Å². The Labute approximate surface area is 92.7 Å². The van der Waals surface area contributed by atoms with E-state index in [1.54, 1.807) is 17.1 Å². The van der Waals surface area contributed by atoms with Gasteiger partial charge in [0.15, 0.2) is 0 Å². The molecule has 0 unspecified atom stereocenters. The highest BCUT2D eigenvalue weighted by atomic mass is 35.5. The molecular formula is C10H11ClN4. The molecule has 0 aromatic carbocycles. The third kappa shape index (κ3) is 1.57. The van der Waals surface area contributed by atoms with Crippen molar-refractivity contribution in [3.63, 3.8) is 0 Å². The lowest BCUT2D eigenvalue weighted by Gasteiger charge is -2.06. The molecule has 0 bridgehead atoms. The molecule has 0 aliphatic rings. The lowest BCUT2D eigenvalue weighted by molar-refractivity contribution is 0.834. The Hall–Kier alpha value is -1.55. The number of hydrogen-bond donors (Lipinski definition) is 1.